The Bertz CT molecular complexity index is 59.0. The highest BCUT2D eigenvalue weighted by Gasteiger charge is 1.96. The van der Waals surface area contributed by atoms with Gasteiger partial charge in [-0.3, -0.25) is 0 Å². The molecule has 0 aromatic heterocycles. The van der Waals surface area contributed by atoms with E-state index in [4.69, 9.17) is 5.73 Å². The Morgan fingerprint density at radius 1 is 1.67 bits per heavy atom. The van der Waals surface area contributed by atoms with E-state index in [9.17, 15) is 0 Å². The zero-order chi connectivity index (χ0) is 7.11. The Balaban J connectivity index is 2.88. The van der Waals surface area contributed by atoms with E-state index in [0.29, 0.717) is 5.92 Å². The smallest absolute Gasteiger partial charge is 0.00211 e. The van der Waals surface area contributed by atoms with Gasteiger partial charge in [0.05, 0.1) is 0 Å². The topological polar surface area (TPSA) is 26.0 Å². The summed E-state index contributed by atoms with van der Waals surface area (Å²) in [5.41, 5.74) is 5.42. The van der Waals surface area contributed by atoms with Crippen LogP contribution in [0.15, 0.2) is 0 Å². The van der Waals surface area contributed by atoms with E-state index < -0.39 is 0 Å². The Labute approximate surface area is 67.2 Å². The molecule has 0 aliphatic carbocycles. The molecule has 0 aromatic carbocycles. The maximum atomic E-state index is 5.42. The van der Waals surface area contributed by atoms with E-state index in [-0.39, 0.29) is 0 Å². The van der Waals surface area contributed by atoms with Crippen LogP contribution >= 0.6 is 24.4 Å². The summed E-state index contributed by atoms with van der Waals surface area (Å²) in [6.45, 7) is 2.98. The lowest BCUT2D eigenvalue weighted by Crippen LogP contribution is -2.12. The molecule has 0 spiro atoms. The Hall–Kier alpha value is 0.660. The van der Waals surface area contributed by atoms with E-state index in [1.165, 1.54) is 5.75 Å². The second-order valence-electron chi connectivity index (χ2n) is 2.14. The number of rotatable bonds is 5. The van der Waals surface area contributed by atoms with Crippen LogP contribution in [-0.2, 0) is 0 Å². The molecule has 0 aromatic rings. The third-order valence-electron chi connectivity index (χ3n) is 1.04. The molecule has 1 atom stereocenters. The van der Waals surface area contributed by atoms with Gasteiger partial charge in [0.15, 0.2) is 0 Å². The van der Waals surface area contributed by atoms with Crippen LogP contribution in [0.5, 0.6) is 0 Å². The molecule has 9 heavy (non-hydrogen) atoms. The molecule has 0 saturated heterocycles. The van der Waals surface area contributed by atoms with Crippen molar-refractivity contribution in [2.45, 2.75) is 6.92 Å². The molecule has 0 rings (SSSR count). The van der Waals surface area contributed by atoms with Gasteiger partial charge in [0.1, 0.15) is 0 Å². The van der Waals surface area contributed by atoms with Crippen LogP contribution < -0.4 is 5.73 Å². The molecule has 2 N–H and O–H groups in total. The summed E-state index contributed by atoms with van der Waals surface area (Å²) < 4.78 is 0. The summed E-state index contributed by atoms with van der Waals surface area (Å²) in [6.07, 6.45) is 0. The van der Waals surface area contributed by atoms with Crippen LogP contribution in [0, 0.1) is 5.92 Å². The average molecular weight is 165 g/mol. The fourth-order valence-corrected chi connectivity index (χ4v) is 1.64. The SMILES string of the molecule is CC(CN)CSCCS. The van der Waals surface area contributed by atoms with Crippen molar-refractivity contribution in [1.82, 2.24) is 0 Å². The van der Waals surface area contributed by atoms with Crippen LogP contribution in [0.1, 0.15) is 6.92 Å². The lowest BCUT2D eigenvalue weighted by molar-refractivity contribution is 0.676. The van der Waals surface area contributed by atoms with E-state index in [1.54, 1.807) is 0 Å². The maximum Gasteiger partial charge on any atom is 0.00211 e. The summed E-state index contributed by atoms with van der Waals surface area (Å²) in [7, 11) is 0. The minimum atomic E-state index is 0.662. The molecule has 1 unspecified atom stereocenters. The van der Waals surface area contributed by atoms with Gasteiger partial charge in [0.25, 0.3) is 0 Å². The summed E-state index contributed by atoms with van der Waals surface area (Å²) in [5.74, 6) is 3.96. The van der Waals surface area contributed by atoms with Crippen LogP contribution in [0.2, 0.25) is 0 Å². The average Bonchev–Trinajstić information content (AvgIpc) is 1.89. The summed E-state index contributed by atoms with van der Waals surface area (Å²) >= 11 is 6.03. The summed E-state index contributed by atoms with van der Waals surface area (Å²) in [4.78, 5) is 0. The van der Waals surface area contributed by atoms with E-state index >= 15 is 0 Å². The van der Waals surface area contributed by atoms with E-state index in [2.05, 4.69) is 19.6 Å². The zero-order valence-corrected chi connectivity index (χ0v) is 7.55. The summed E-state index contributed by atoms with van der Waals surface area (Å²) in [5, 5.41) is 0. The van der Waals surface area contributed by atoms with E-state index in [0.717, 1.165) is 18.1 Å². The van der Waals surface area contributed by atoms with Gasteiger partial charge in [-0.1, -0.05) is 6.92 Å². The third-order valence-corrected chi connectivity index (χ3v) is 2.86. The van der Waals surface area contributed by atoms with Crippen LogP contribution in [-0.4, -0.2) is 23.8 Å². The first-order valence-electron chi connectivity index (χ1n) is 3.20. The number of thiol groups is 1. The molecule has 56 valence electrons. The zero-order valence-electron chi connectivity index (χ0n) is 5.84. The van der Waals surface area contributed by atoms with Crippen LogP contribution in [0.25, 0.3) is 0 Å². The first-order valence-corrected chi connectivity index (χ1v) is 4.98. The Morgan fingerprint density at radius 2 is 2.33 bits per heavy atom. The fraction of sp³-hybridized carbons (Fsp3) is 1.00. The standard InChI is InChI=1S/C6H15NS2/c1-6(4-7)5-9-3-2-8/h6,8H,2-5,7H2,1H3. The number of nitrogens with two attached hydrogens (primary N) is 1. The van der Waals surface area contributed by atoms with Crippen molar-refractivity contribution >= 4 is 24.4 Å². The van der Waals surface area contributed by atoms with Gasteiger partial charge in [-0.25, -0.2) is 0 Å². The molecule has 1 nitrogen and oxygen atoms in total. The van der Waals surface area contributed by atoms with Gasteiger partial charge in [0.2, 0.25) is 0 Å². The second-order valence-corrected chi connectivity index (χ2v) is 3.74. The molecular formula is C6H15NS2. The van der Waals surface area contributed by atoms with Crippen molar-refractivity contribution in [3.05, 3.63) is 0 Å². The summed E-state index contributed by atoms with van der Waals surface area (Å²) in [6, 6.07) is 0. The van der Waals surface area contributed by atoms with Gasteiger partial charge in [0, 0.05) is 5.75 Å². The quantitative estimate of drug-likeness (QED) is 0.473. The third kappa shape index (κ3) is 6.55. The van der Waals surface area contributed by atoms with Gasteiger partial charge < -0.3 is 5.73 Å². The normalized spacial score (nSPS) is 13.7. The predicted molar refractivity (Wildman–Crippen MR) is 49.4 cm³/mol. The predicted octanol–water partition coefficient (Wildman–Crippen LogP) is 1.24. The van der Waals surface area contributed by atoms with Gasteiger partial charge >= 0.3 is 0 Å². The second kappa shape index (κ2) is 6.78. The molecule has 3 heteroatoms. The van der Waals surface area contributed by atoms with Crippen molar-refractivity contribution in [2.24, 2.45) is 11.7 Å². The maximum absolute atomic E-state index is 5.42. The lowest BCUT2D eigenvalue weighted by atomic mass is 10.2. The highest BCUT2D eigenvalue weighted by atomic mass is 32.2. The van der Waals surface area contributed by atoms with Crippen molar-refractivity contribution in [3.8, 4) is 0 Å². The van der Waals surface area contributed by atoms with Gasteiger partial charge in [-0.2, -0.15) is 24.4 Å². The minimum Gasteiger partial charge on any atom is -0.330 e. The highest BCUT2D eigenvalue weighted by Crippen LogP contribution is 2.06. The van der Waals surface area contributed by atoms with Crippen LogP contribution in [0.3, 0.4) is 0 Å². The Morgan fingerprint density at radius 3 is 2.78 bits per heavy atom. The molecule has 0 aliphatic rings. The molecule has 0 aliphatic heterocycles. The lowest BCUT2D eigenvalue weighted by Gasteiger charge is -2.05. The Kier molecular flexibility index (Phi) is 7.27. The highest BCUT2D eigenvalue weighted by molar-refractivity contribution is 7.99. The number of thioether (sulfide) groups is 1. The van der Waals surface area contributed by atoms with Crippen molar-refractivity contribution in [2.75, 3.05) is 23.8 Å². The molecular weight excluding hydrogens is 150 g/mol. The molecule has 0 heterocycles. The molecule has 0 bridgehead atoms. The van der Waals surface area contributed by atoms with Gasteiger partial charge in [-0.15, -0.1) is 0 Å². The van der Waals surface area contributed by atoms with E-state index in [1.807, 2.05) is 11.8 Å². The van der Waals surface area contributed by atoms with Crippen molar-refractivity contribution in [1.29, 1.82) is 0 Å². The minimum absolute atomic E-state index is 0.662. The van der Waals surface area contributed by atoms with Crippen molar-refractivity contribution < 1.29 is 0 Å². The molecule has 0 saturated carbocycles. The number of hydrogen-bond acceptors (Lipinski definition) is 3. The van der Waals surface area contributed by atoms with Gasteiger partial charge in [-0.05, 0) is 24.0 Å². The fourth-order valence-electron chi connectivity index (χ4n) is 0.417. The largest absolute Gasteiger partial charge is 0.330 e. The first kappa shape index (κ1) is 9.66. The monoisotopic (exact) mass is 165 g/mol. The number of hydrogen-bond donors (Lipinski definition) is 2. The molecule has 0 fully saturated rings. The molecule has 0 amide bonds. The first-order chi connectivity index (χ1) is 4.31. The van der Waals surface area contributed by atoms with Crippen molar-refractivity contribution in [3.63, 3.8) is 0 Å². The van der Waals surface area contributed by atoms with Crippen LogP contribution in [0.4, 0.5) is 0 Å². The molecule has 0 radical (unpaired) electrons.